The summed E-state index contributed by atoms with van der Waals surface area (Å²) < 4.78 is 6.06. The van der Waals surface area contributed by atoms with E-state index in [2.05, 4.69) is 26.4 Å². The number of carbonyl (C=O) groups is 1. The van der Waals surface area contributed by atoms with Gasteiger partial charge in [0, 0.05) is 10.4 Å². The van der Waals surface area contributed by atoms with Crippen molar-refractivity contribution >= 4 is 27.5 Å². The molecule has 0 radical (unpaired) electrons. The largest absolute Gasteiger partial charge is 0.360 e. The molecule has 2 aromatic rings. The molecule has 0 saturated carbocycles. The van der Waals surface area contributed by atoms with Gasteiger partial charge >= 0.3 is 0 Å². The van der Waals surface area contributed by atoms with Crippen LogP contribution >= 0.6 is 15.9 Å². The van der Waals surface area contributed by atoms with Crippen molar-refractivity contribution in [3.05, 3.63) is 45.8 Å². The molecule has 19 heavy (non-hydrogen) atoms. The molecular formula is C14H15BrN2O2. The van der Waals surface area contributed by atoms with E-state index < -0.39 is 0 Å². The summed E-state index contributed by atoms with van der Waals surface area (Å²) in [6.45, 7) is 5.70. The van der Waals surface area contributed by atoms with Gasteiger partial charge in [-0.2, -0.15) is 0 Å². The summed E-state index contributed by atoms with van der Waals surface area (Å²) in [6, 6.07) is 7.47. The van der Waals surface area contributed by atoms with Gasteiger partial charge in [0.1, 0.15) is 5.56 Å². The smallest absolute Gasteiger partial charge is 0.261 e. The van der Waals surface area contributed by atoms with Crippen molar-refractivity contribution in [2.75, 3.05) is 5.32 Å². The number of anilines is 1. The quantitative estimate of drug-likeness (QED) is 0.924. The second-order valence-corrected chi connectivity index (χ2v) is 5.45. The molecule has 0 aliphatic heterocycles. The molecule has 1 amide bonds. The van der Waals surface area contributed by atoms with Gasteiger partial charge in [-0.15, -0.1) is 0 Å². The van der Waals surface area contributed by atoms with Crippen molar-refractivity contribution < 1.29 is 9.32 Å². The highest BCUT2D eigenvalue weighted by molar-refractivity contribution is 9.10. The van der Waals surface area contributed by atoms with Crippen molar-refractivity contribution in [1.82, 2.24) is 5.16 Å². The Morgan fingerprint density at radius 2 is 2.05 bits per heavy atom. The van der Waals surface area contributed by atoms with E-state index in [1.165, 1.54) is 0 Å². The normalized spacial score (nSPS) is 10.8. The highest BCUT2D eigenvalue weighted by atomic mass is 79.9. The third kappa shape index (κ3) is 2.87. The van der Waals surface area contributed by atoms with Crippen LogP contribution in [0.3, 0.4) is 0 Å². The Bertz CT molecular complexity index is 605. The first kappa shape index (κ1) is 13.8. The van der Waals surface area contributed by atoms with E-state index in [4.69, 9.17) is 4.52 Å². The fourth-order valence-electron chi connectivity index (χ4n) is 1.80. The van der Waals surface area contributed by atoms with Crippen molar-refractivity contribution in [1.29, 1.82) is 0 Å². The lowest BCUT2D eigenvalue weighted by Crippen LogP contribution is -2.15. The third-order valence-corrected chi connectivity index (χ3v) is 3.45. The summed E-state index contributed by atoms with van der Waals surface area (Å²) in [6.07, 6.45) is 0. The standard InChI is InChI=1S/C14H15BrN2O2/c1-8(2)13-12(9(3)17-19-13)14(18)16-11-7-5-4-6-10(11)15/h4-8H,1-3H3,(H,16,18). The molecular weight excluding hydrogens is 308 g/mol. The van der Waals surface area contributed by atoms with Gasteiger partial charge in [-0.3, -0.25) is 4.79 Å². The molecule has 0 atom stereocenters. The van der Waals surface area contributed by atoms with Crippen LogP contribution in [0.15, 0.2) is 33.3 Å². The predicted octanol–water partition coefficient (Wildman–Crippen LogP) is 4.12. The third-order valence-electron chi connectivity index (χ3n) is 2.76. The monoisotopic (exact) mass is 322 g/mol. The van der Waals surface area contributed by atoms with Crippen LogP contribution in [0.25, 0.3) is 0 Å². The number of nitrogens with zero attached hydrogens (tertiary/aromatic N) is 1. The van der Waals surface area contributed by atoms with Crippen LogP contribution in [-0.2, 0) is 0 Å². The Kier molecular flexibility index (Phi) is 4.04. The number of aromatic nitrogens is 1. The van der Waals surface area contributed by atoms with Crippen LogP contribution in [0, 0.1) is 6.92 Å². The van der Waals surface area contributed by atoms with Crippen LogP contribution in [0.5, 0.6) is 0 Å². The van der Waals surface area contributed by atoms with Gasteiger partial charge in [0.25, 0.3) is 5.91 Å². The second kappa shape index (κ2) is 5.57. The first-order valence-corrected chi connectivity index (χ1v) is 6.82. The number of rotatable bonds is 3. The number of aryl methyl sites for hydroxylation is 1. The summed E-state index contributed by atoms with van der Waals surface area (Å²) in [4.78, 5) is 12.3. The number of para-hydroxylation sites is 1. The fraction of sp³-hybridized carbons (Fsp3) is 0.286. The van der Waals surface area contributed by atoms with Crippen LogP contribution in [0.2, 0.25) is 0 Å². The molecule has 0 spiro atoms. The zero-order valence-electron chi connectivity index (χ0n) is 11.0. The Balaban J connectivity index is 2.31. The summed E-state index contributed by atoms with van der Waals surface area (Å²) in [7, 11) is 0. The lowest BCUT2D eigenvalue weighted by atomic mass is 10.0. The minimum atomic E-state index is -0.200. The molecule has 0 unspecified atom stereocenters. The van der Waals surface area contributed by atoms with E-state index in [0.717, 1.165) is 10.2 Å². The van der Waals surface area contributed by atoms with Gasteiger partial charge in [0.15, 0.2) is 5.76 Å². The highest BCUT2D eigenvalue weighted by Crippen LogP contribution is 2.26. The van der Waals surface area contributed by atoms with Gasteiger partial charge in [0.05, 0.1) is 11.4 Å². The molecule has 0 saturated heterocycles. The minimum Gasteiger partial charge on any atom is -0.360 e. The molecule has 0 aliphatic carbocycles. The molecule has 1 N–H and O–H groups in total. The summed E-state index contributed by atoms with van der Waals surface area (Å²) in [5.74, 6) is 0.526. The Morgan fingerprint density at radius 1 is 1.37 bits per heavy atom. The SMILES string of the molecule is Cc1noc(C(C)C)c1C(=O)Nc1ccccc1Br. The second-order valence-electron chi connectivity index (χ2n) is 4.60. The number of hydrogen-bond donors (Lipinski definition) is 1. The van der Waals surface area contributed by atoms with E-state index >= 15 is 0 Å². The number of benzene rings is 1. The number of nitrogens with one attached hydrogen (secondary N) is 1. The highest BCUT2D eigenvalue weighted by Gasteiger charge is 2.22. The molecule has 2 rings (SSSR count). The maximum atomic E-state index is 12.3. The van der Waals surface area contributed by atoms with Crippen LogP contribution in [0.4, 0.5) is 5.69 Å². The van der Waals surface area contributed by atoms with E-state index in [1.54, 1.807) is 6.92 Å². The minimum absolute atomic E-state index is 0.112. The Morgan fingerprint density at radius 3 is 2.68 bits per heavy atom. The van der Waals surface area contributed by atoms with Gasteiger partial charge in [-0.05, 0) is 35.0 Å². The maximum Gasteiger partial charge on any atom is 0.261 e. The Labute approximate surface area is 120 Å². The molecule has 1 aromatic carbocycles. The first-order valence-electron chi connectivity index (χ1n) is 6.02. The number of hydrogen-bond acceptors (Lipinski definition) is 3. The predicted molar refractivity (Wildman–Crippen MR) is 77.4 cm³/mol. The average molecular weight is 323 g/mol. The summed E-state index contributed by atoms with van der Waals surface area (Å²) >= 11 is 3.40. The maximum absolute atomic E-state index is 12.3. The fourth-order valence-corrected chi connectivity index (χ4v) is 2.19. The number of amides is 1. The molecule has 0 aliphatic rings. The van der Waals surface area contributed by atoms with E-state index in [-0.39, 0.29) is 11.8 Å². The molecule has 5 heteroatoms. The first-order chi connectivity index (χ1) is 9.00. The average Bonchev–Trinajstić information content (AvgIpc) is 2.74. The molecule has 100 valence electrons. The number of carbonyl (C=O) groups excluding carboxylic acids is 1. The zero-order valence-corrected chi connectivity index (χ0v) is 12.6. The van der Waals surface area contributed by atoms with Crippen LogP contribution < -0.4 is 5.32 Å². The molecule has 4 nitrogen and oxygen atoms in total. The van der Waals surface area contributed by atoms with Gasteiger partial charge < -0.3 is 9.84 Å². The summed E-state index contributed by atoms with van der Waals surface area (Å²) in [5, 5.41) is 6.74. The van der Waals surface area contributed by atoms with Crippen molar-refractivity contribution in [3.63, 3.8) is 0 Å². The van der Waals surface area contributed by atoms with Crippen molar-refractivity contribution in [2.24, 2.45) is 0 Å². The molecule has 0 bridgehead atoms. The molecule has 1 heterocycles. The number of halogens is 1. The van der Waals surface area contributed by atoms with E-state index in [0.29, 0.717) is 17.0 Å². The molecule has 1 aromatic heterocycles. The lowest BCUT2D eigenvalue weighted by Gasteiger charge is -2.08. The topological polar surface area (TPSA) is 55.1 Å². The Hall–Kier alpha value is -1.62. The van der Waals surface area contributed by atoms with Gasteiger partial charge in [0.2, 0.25) is 0 Å². The van der Waals surface area contributed by atoms with Crippen LogP contribution in [0.1, 0.15) is 41.6 Å². The lowest BCUT2D eigenvalue weighted by molar-refractivity contribution is 0.102. The van der Waals surface area contributed by atoms with E-state index in [1.807, 2.05) is 38.1 Å². The van der Waals surface area contributed by atoms with Gasteiger partial charge in [-0.25, -0.2) is 0 Å². The summed E-state index contributed by atoms with van der Waals surface area (Å²) in [5.41, 5.74) is 1.85. The molecule has 0 fully saturated rings. The van der Waals surface area contributed by atoms with Crippen molar-refractivity contribution in [3.8, 4) is 0 Å². The van der Waals surface area contributed by atoms with Gasteiger partial charge in [-0.1, -0.05) is 31.1 Å². The van der Waals surface area contributed by atoms with E-state index in [9.17, 15) is 4.79 Å². The van der Waals surface area contributed by atoms with Crippen LogP contribution in [-0.4, -0.2) is 11.1 Å². The van der Waals surface area contributed by atoms with Crippen molar-refractivity contribution in [2.45, 2.75) is 26.7 Å². The zero-order chi connectivity index (χ0) is 14.0.